The number of urea groups is 1. The summed E-state index contributed by atoms with van der Waals surface area (Å²) in [5, 5.41) is 22.3. The molecule has 1 saturated heterocycles. The SMILES string of the molecule is COCCOc1cc2nc(N3CCN(C(=O)Nc4ccc(C#N)cc4)CC3)c(C#N)cc2cc1OC. The number of nitrogens with zero attached hydrogens (tertiary/aromatic N) is 5. The van der Waals surface area contributed by atoms with E-state index < -0.39 is 0 Å². The second kappa shape index (κ2) is 11.3. The predicted octanol–water partition coefficient (Wildman–Crippen LogP) is 3.37. The summed E-state index contributed by atoms with van der Waals surface area (Å²) in [6.45, 7) is 2.81. The minimum atomic E-state index is -0.212. The third-order valence-corrected chi connectivity index (χ3v) is 5.88. The molecule has 0 unspecified atom stereocenters. The highest BCUT2D eigenvalue weighted by atomic mass is 16.5. The number of anilines is 2. The molecule has 10 heteroatoms. The van der Waals surface area contributed by atoms with Crippen LogP contribution < -0.4 is 19.7 Å². The summed E-state index contributed by atoms with van der Waals surface area (Å²) >= 11 is 0. The van der Waals surface area contributed by atoms with E-state index in [0.717, 1.165) is 5.39 Å². The Morgan fingerprint density at radius 2 is 1.75 bits per heavy atom. The molecule has 0 bridgehead atoms. The van der Waals surface area contributed by atoms with E-state index in [4.69, 9.17) is 24.5 Å². The lowest BCUT2D eigenvalue weighted by Gasteiger charge is -2.35. The normalized spacial score (nSPS) is 13.1. The summed E-state index contributed by atoms with van der Waals surface area (Å²) in [4.78, 5) is 21.2. The largest absolute Gasteiger partial charge is 0.493 e. The first-order valence-corrected chi connectivity index (χ1v) is 11.4. The highest BCUT2D eigenvalue weighted by Crippen LogP contribution is 2.34. The maximum atomic E-state index is 12.7. The molecule has 10 nitrogen and oxygen atoms in total. The number of carbonyl (C=O) groups excluding carboxylic acids is 1. The van der Waals surface area contributed by atoms with Gasteiger partial charge < -0.3 is 29.3 Å². The molecule has 2 aromatic carbocycles. The summed E-state index contributed by atoms with van der Waals surface area (Å²) in [7, 11) is 3.17. The first kappa shape index (κ1) is 24.6. The molecule has 3 aromatic rings. The summed E-state index contributed by atoms with van der Waals surface area (Å²) in [6.07, 6.45) is 0. The molecule has 1 aliphatic heterocycles. The van der Waals surface area contributed by atoms with Crippen molar-refractivity contribution in [2.75, 3.05) is 63.8 Å². The zero-order valence-corrected chi connectivity index (χ0v) is 20.2. The number of pyridine rings is 1. The summed E-state index contributed by atoms with van der Waals surface area (Å²) in [5.74, 6) is 1.68. The van der Waals surface area contributed by atoms with E-state index in [0.29, 0.717) is 79.0 Å². The number of nitrogens with one attached hydrogen (secondary N) is 1. The molecule has 4 rings (SSSR count). The number of hydrogen-bond acceptors (Lipinski definition) is 8. The van der Waals surface area contributed by atoms with Crippen LogP contribution in [-0.4, -0.2) is 69.5 Å². The van der Waals surface area contributed by atoms with Crippen LogP contribution in [0.1, 0.15) is 11.1 Å². The highest BCUT2D eigenvalue weighted by Gasteiger charge is 2.24. The van der Waals surface area contributed by atoms with Crippen LogP contribution in [0.4, 0.5) is 16.3 Å². The van der Waals surface area contributed by atoms with Crippen molar-refractivity contribution in [2.45, 2.75) is 0 Å². The van der Waals surface area contributed by atoms with Gasteiger partial charge in [-0.15, -0.1) is 0 Å². The fourth-order valence-electron chi connectivity index (χ4n) is 3.95. The van der Waals surface area contributed by atoms with Gasteiger partial charge in [-0.05, 0) is 36.4 Å². The molecule has 36 heavy (non-hydrogen) atoms. The lowest BCUT2D eigenvalue weighted by molar-refractivity contribution is 0.144. The number of ether oxygens (including phenoxy) is 3. The van der Waals surface area contributed by atoms with Gasteiger partial charge in [0.15, 0.2) is 11.5 Å². The van der Waals surface area contributed by atoms with Gasteiger partial charge >= 0.3 is 6.03 Å². The van der Waals surface area contributed by atoms with E-state index >= 15 is 0 Å². The van der Waals surface area contributed by atoms with Crippen molar-refractivity contribution in [3.05, 3.63) is 53.6 Å². The molecule has 1 N–H and O–H groups in total. The van der Waals surface area contributed by atoms with Crippen molar-refractivity contribution in [2.24, 2.45) is 0 Å². The molecular weight excluding hydrogens is 460 g/mol. The van der Waals surface area contributed by atoms with E-state index in [1.54, 1.807) is 61.6 Å². The second-order valence-electron chi connectivity index (χ2n) is 8.10. The van der Waals surface area contributed by atoms with Crippen molar-refractivity contribution in [3.63, 3.8) is 0 Å². The second-order valence-corrected chi connectivity index (χ2v) is 8.10. The van der Waals surface area contributed by atoms with Gasteiger partial charge in [-0.1, -0.05) is 0 Å². The predicted molar refractivity (Wildman–Crippen MR) is 134 cm³/mol. The molecule has 0 spiro atoms. The smallest absolute Gasteiger partial charge is 0.321 e. The number of rotatable bonds is 7. The lowest BCUT2D eigenvalue weighted by Crippen LogP contribution is -2.50. The average Bonchev–Trinajstić information content (AvgIpc) is 2.92. The topological polar surface area (TPSA) is 124 Å². The standard InChI is InChI=1S/C26H26N6O4/c1-34-11-12-36-24-15-22-19(14-23(24)35-2)13-20(17-28)25(30-22)31-7-9-32(10-8-31)26(33)29-21-5-3-18(16-27)4-6-21/h3-6,13-15H,7-12H2,1-2H3,(H,29,33). The van der Waals surface area contributed by atoms with Gasteiger partial charge in [0.2, 0.25) is 0 Å². The number of fused-ring (bicyclic) bond motifs is 1. The van der Waals surface area contributed by atoms with Gasteiger partial charge in [0.25, 0.3) is 0 Å². The van der Waals surface area contributed by atoms with Crippen molar-refractivity contribution >= 4 is 28.4 Å². The van der Waals surface area contributed by atoms with E-state index in [2.05, 4.69) is 17.5 Å². The van der Waals surface area contributed by atoms with Gasteiger partial charge in [0, 0.05) is 50.4 Å². The molecule has 1 fully saturated rings. The van der Waals surface area contributed by atoms with Crippen LogP contribution in [0, 0.1) is 22.7 Å². The molecule has 0 atom stereocenters. The Morgan fingerprint density at radius 1 is 1.00 bits per heavy atom. The van der Waals surface area contributed by atoms with Crippen molar-refractivity contribution in [1.82, 2.24) is 9.88 Å². The maximum Gasteiger partial charge on any atom is 0.321 e. The van der Waals surface area contributed by atoms with Gasteiger partial charge in [-0.25, -0.2) is 9.78 Å². The zero-order valence-electron chi connectivity index (χ0n) is 20.2. The molecule has 0 saturated carbocycles. The van der Waals surface area contributed by atoms with Crippen LogP contribution in [0.15, 0.2) is 42.5 Å². The van der Waals surface area contributed by atoms with E-state index in [-0.39, 0.29) is 6.03 Å². The summed E-state index contributed by atoms with van der Waals surface area (Å²) < 4.78 is 16.3. The number of aromatic nitrogens is 1. The Kier molecular flexibility index (Phi) is 7.69. The van der Waals surface area contributed by atoms with Gasteiger partial charge in [0.1, 0.15) is 18.5 Å². The van der Waals surface area contributed by atoms with Crippen LogP contribution in [0.2, 0.25) is 0 Å². The van der Waals surface area contributed by atoms with E-state index in [1.807, 2.05) is 4.90 Å². The molecular formula is C26H26N6O4. The molecule has 0 aliphatic carbocycles. The fraction of sp³-hybridized carbons (Fsp3) is 0.308. The molecule has 1 aliphatic rings. The minimum absolute atomic E-state index is 0.212. The van der Waals surface area contributed by atoms with Gasteiger partial charge in [0.05, 0.1) is 36.4 Å². The van der Waals surface area contributed by atoms with Crippen LogP contribution in [-0.2, 0) is 4.74 Å². The molecule has 1 aromatic heterocycles. The Labute approximate surface area is 209 Å². The minimum Gasteiger partial charge on any atom is -0.493 e. The van der Waals surface area contributed by atoms with Crippen molar-refractivity contribution in [3.8, 4) is 23.6 Å². The Morgan fingerprint density at radius 3 is 2.39 bits per heavy atom. The number of methoxy groups -OCH3 is 2. The third-order valence-electron chi connectivity index (χ3n) is 5.88. The number of amides is 2. The van der Waals surface area contributed by atoms with Gasteiger partial charge in [-0.3, -0.25) is 0 Å². The van der Waals surface area contributed by atoms with Crippen molar-refractivity contribution in [1.29, 1.82) is 10.5 Å². The number of benzene rings is 2. The highest BCUT2D eigenvalue weighted by molar-refractivity contribution is 5.90. The van der Waals surface area contributed by atoms with Crippen LogP contribution in [0.3, 0.4) is 0 Å². The molecule has 2 amide bonds. The van der Waals surface area contributed by atoms with Crippen LogP contribution >= 0.6 is 0 Å². The average molecular weight is 487 g/mol. The quantitative estimate of drug-likeness (QED) is 0.504. The molecule has 0 radical (unpaired) electrons. The first-order valence-electron chi connectivity index (χ1n) is 11.4. The Bertz CT molecular complexity index is 1320. The Hall–Kier alpha value is -4.54. The fourth-order valence-corrected chi connectivity index (χ4v) is 3.95. The lowest BCUT2D eigenvalue weighted by atomic mass is 10.1. The number of hydrogen-bond donors (Lipinski definition) is 1. The van der Waals surface area contributed by atoms with Gasteiger partial charge in [-0.2, -0.15) is 10.5 Å². The maximum absolute atomic E-state index is 12.7. The Balaban J connectivity index is 1.49. The first-order chi connectivity index (χ1) is 17.6. The number of carbonyl (C=O) groups is 1. The number of piperazine rings is 1. The van der Waals surface area contributed by atoms with Crippen molar-refractivity contribution < 1.29 is 19.0 Å². The number of nitriles is 2. The van der Waals surface area contributed by atoms with Crippen LogP contribution in [0.5, 0.6) is 11.5 Å². The monoisotopic (exact) mass is 486 g/mol. The molecule has 184 valence electrons. The summed E-state index contributed by atoms with van der Waals surface area (Å²) in [6, 6.07) is 16.2. The van der Waals surface area contributed by atoms with E-state index in [1.165, 1.54) is 0 Å². The summed E-state index contributed by atoms with van der Waals surface area (Å²) in [5.41, 5.74) is 2.29. The van der Waals surface area contributed by atoms with E-state index in [9.17, 15) is 10.1 Å². The zero-order chi connectivity index (χ0) is 25.5. The van der Waals surface area contributed by atoms with Crippen LogP contribution in [0.25, 0.3) is 10.9 Å². The molecule has 2 heterocycles. The third kappa shape index (κ3) is 5.40.